The topological polar surface area (TPSA) is 266 Å². The number of hydrogen-bond donors (Lipinski definition) is 9. The van der Waals surface area contributed by atoms with Gasteiger partial charge in [0.2, 0.25) is 17.7 Å². The summed E-state index contributed by atoms with van der Waals surface area (Å²) in [5, 5.41) is 50.6. The molecule has 0 aromatic heterocycles. The van der Waals surface area contributed by atoms with Crippen LogP contribution in [0.15, 0.2) is 0 Å². The first-order chi connectivity index (χ1) is 14.4. The third kappa shape index (κ3) is 10.9. The second kappa shape index (κ2) is 13.8. The maximum absolute atomic E-state index is 12.5. The first kappa shape index (κ1) is 27.7. The molecule has 176 valence electrons. The number of amides is 3. The molecule has 15 nitrogen and oxygen atoms in total. The summed E-state index contributed by atoms with van der Waals surface area (Å²) in [6.07, 6.45) is -2.06. The average Bonchev–Trinajstić information content (AvgIpc) is 2.70. The highest BCUT2D eigenvalue weighted by molar-refractivity contribution is 5.94. The molecule has 10 N–H and O–H groups in total. The Hall–Kier alpha value is -3.30. The number of carbonyl (C=O) groups excluding carboxylic acids is 3. The smallest absolute Gasteiger partial charge is 0.328 e. The predicted molar refractivity (Wildman–Crippen MR) is 99.3 cm³/mol. The van der Waals surface area contributed by atoms with Crippen LogP contribution in [0.1, 0.15) is 25.7 Å². The molecule has 0 radical (unpaired) electrons. The third-order valence-electron chi connectivity index (χ3n) is 3.89. The number of carboxylic acids is 3. The minimum absolute atomic E-state index is 0.424. The quantitative estimate of drug-likeness (QED) is 0.114. The lowest BCUT2D eigenvalue weighted by Crippen LogP contribution is -2.57. The van der Waals surface area contributed by atoms with Crippen molar-refractivity contribution in [1.29, 1.82) is 0 Å². The van der Waals surface area contributed by atoms with E-state index in [9.17, 15) is 28.8 Å². The highest BCUT2D eigenvalue weighted by atomic mass is 16.4. The third-order valence-corrected chi connectivity index (χ3v) is 3.89. The maximum atomic E-state index is 12.5. The molecule has 3 amide bonds. The second-order valence-electron chi connectivity index (χ2n) is 6.36. The molecule has 0 bridgehead atoms. The molecule has 0 aromatic rings. The van der Waals surface area contributed by atoms with Gasteiger partial charge in [0, 0.05) is 12.8 Å². The molecule has 31 heavy (non-hydrogen) atoms. The standard InChI is InChI=1S/C16H26N4O11/c17-7(5-21)13(27)18-8(1-3-11(23)24)14(28)19-9(2-4-12(25)26)15(29)20-10(6-22)16(30)31/h7-10,21-22H,1-6,17H2,(H,18,27)(H,19,28)(H,20,29)(H,23,24)(H,25,26)(H,30,31). The van der Waals surface area contributed by atoms with Crippen molar-refractivity contribution in [2.45, 2.75) is 49.9 Å². The number of aliphatic hydroxyl groups excluding tert-OH is 2. The fourth-order valence-electron chi connectivity index (χ4n) is 2.17. The SMILES string of the molecule is NC(CO)C(=O)NC(CCC(=O)O)C(=O)NC(CCC(=O)O)C(=O)NC(CO)C(=O)O. The molecule has 0 aromatic carbocycles. The van der Waals surface area contributed by atoms with E-state index in [1.165, 1.54) is 0 Å². The van der Waals surface area contributed by atoms with Crippen LogP contribution in [0.5, 0.6) is 0 Å². The van der Waals surface area contributed by atoms with Gasteiger partial charge in [0.25, 0.3) is 0 Å². The molecule has 0 rings (SSSR count). The molecule has 4 unspecified atom stereocenters. The van der Waals surface area contributed by atoms with Gasteiger partial charge in [-0.05, 0) is 12.8 Å². The summed E-state index contributed by atoms with van der Waals surface area (Å²) >= 11 is 0. The van der Waals surface area contributed by atoms with Crippen LogP contribution in [0.3, 0.4) is 0 Å². The monoisotopic (exact) mass is 450 g/mol. The lowest BCUT2D eigenvalue weighted by molar-refractivity contribution is -0.144. The summed E-state index contributed by atoms with van der Waals surface area (Å²) in [4.78, 5) is 69.3. The highest BCUT2D eigenvalue weighted by Crippen LogP contribution is 2.04. The average molecular weight is 450 g/mol. The molecule has 0 aliphatic carbocycles. The number of nitrogens with one attached hydrogen (secondary N) is 3. The van der Waals surface area contributed by atoms with E-state index >= 15 is 0 Å². The zero-order valence-corrected chi connectivity index (χ0v) is 16.3. The summed E-state index contributed by atoms with van der Waals surface area (Å²) in [7, 11) is 0. The Bertz CT molecular complexity index is 684. The molecule has 0 saturated heterocycles. The Morgan fingerprint density at radius 2 is 1.03 bits per heavy atom. The van der Waals surface area contributed by atoms with Crippen LogP contribution in [-0.4, -0.2) is 98.5 Å². The van der Waals surface area contributed by atoms with Crippen molar-refractivity contribution >= 4 is 35.6 Å². The molecule has 0 aliphatic rings. The number of rotatable bonds is 15. The van der Waals surface area contributed by atoms with Gasteiger partial charge in [-0.25, -0.2) is 4.79 Å². The Labute approximate surface area is 175 Å². The van der Waals surface area contributed by atoms with Gasteiger partial charge in [-0.3, -0.25) is 24.0 Å². The van der Waals surface area contributed by atoms with Crippen LogP contribution in [0.2, 0.25) is 0 Å². The van der Waals surface area contributed by atoms with Gasteiger partial charge in [-0.1, -0.05) is 0 Å². The van der Waals surface area contributed by atoms with Crippen LogP contribution in [0.25, 0.3) is 0 Å². The second-order valence-corrected chi connectivity index (χ2v) is 6.36. The van der Waals surface area contributed by atoms with E-state index in [-0.39, 0.29) is 0 Å². The normalized spacial score (nSPS) is 14.4. The number of aliphatic carboxylic acids is 3. The van der Waals surface area contributed by atoms with E-state index in [2.05, 4.69) is 10.6 Å². The largest absolute Gasteiger partial charge is 0.481 e. The summed E-state index contributed by atoms with van der Waals surface area (Å²) < 4.78 is 0. The molecule has 0 spiro atoms. The number of carboxylic acid groups (broad SMARTS) is 3. The lowest BCUT2D eigenvalue weighted by Gasteiger charge is -2.24. The molecular formula is C16H26N4O11. The van der Waals surface area contributed by atoms with Crippen molar-refractivity contribution in [3.05, 3.63) is 0 Å². The highest BCUT2D eigenvalue weighted by Gasteiger charge is 2.30. The van der Waals surface area contributed by atoms with E-state index in [0.29, 0.717) is 0 Å². The van der Waals surface area contributed by atoms with Gasteiger partial charge < -0.3 is 47.2 Å². The number of nitrogens with two attached hydrogens (primary N) is 1. The van der Waals surface area contributed by atoms with Crippen LogP contribution < -0.4 is 21.7 Å². The van der Waals surface area contributed by atoms with Gasteiger partial charge in [0.05, 0.1) is 13.2 Å². The molecular weight excluding hydrogens is 424 g/mol. The zero-order valence-electron chi connectivity index (χ0n) is 16.3. The van der Waals surface area contributed by atoms with E-state index in [4.69, 9.17) is 31.3 Å². The Morgan fingerprint density at radius 1 is 0.645 bits per heavy atom. The summed E-state index contributed by atoms with van der Waals surface area (Å²) in [6, 6.07) is -6.21. The van der Waals surface area contributed by atoms with E-state index in [0.717, 1.165) is 0 Å². The minimum Gasteiger partial charge on any atom is -0.481 e. The number of aliphatic hydroxyl groups is 2. The predicted octanol–water partition coefficient (Wildman–Crippen LogP) is -4.43. The van der Waals surface area contributed by atoms with E-state index in [1.807, 2.05) is 5.32 Å². The van der Waals surface area contributed by atoms with Crippen molar-refractivity contribution in [2.24, 2.45) is 5.73 Å². The van der Waals surface area contributed by atoms with Crippen molar-refractivity contribution in [3.8, 4) is 0 Å². The van der Waals surface area contributed by atoms with Crippen LogP contribution in [-0.2, 0) is 28.8 Å². The molecule has 0 heterocycles. The summed E-state index contributed by atoms with van der Waals surface area (Å²) in [5.41, 5.74) is 5.33. The summed E-state index contributed by atoms with van der Waals surface area (Å²) in [5.74, 6) is -7.37. The fraction of sp³-hybridized carbons (Fsp3) is 0.625. The van der Waals surface area contributed by atoms with Crippen LogP contribution in [0, 0.1) is 0 Å². The Kier molecular flexibility index (Phi) is 12.4. The van der Waals surface area contributed by atoms with Crippen LogP contribution >= 0.6 is 0 Å². The Morgan fingerprint density at radius 3 is 1.35 bits per heavy atom. The van der Waals surface area contributed by atoms with Crippen molar-refractivity contribution in [3.63, 3.8) is 0 Å². The van der Waals surface area contributed by atoms with Crippen molar-refractivity contribution in [2.75, 3.05) is 13.2 Å². The first-order valence-corrected chi connectivity index (χ1v) is 8.97. The van der Waals surface area contributed by atoms with Gasteiger partial charge in [0.1, 0.15) is 24.2 Å². The number of carbonyl (C=O) groups is 6. The molecule has 0 fully saturated rings. The molecule has 0 saturated carbocycles. The number of hydrogen-bond acceptors (Lipinski definition) is 9. The van der Waals surface area contributed by atoms with E-state index < -0.39 is 98.7 Å². The molecule has 0 aliphatic heterocycles. The minimum atomic E-state index is -1.72. The first-order valence-electron chi connectivity index (χ1n) is 8.97. The Balaban J connectivity index is 5.48. The van der Waals surface area contributed by atoms with Gasteiger partial charge in [0.15, 0.2) is 0 Å². The van der Waals surface area contributed by atoms with Crippen LogP contribution in [0.4, 0.5) is 0 Å². The van der Waals surface area contributed by atoms with Crippen molar-refractivity contribution < 1.29 is 54.3 Å². The fourth-order valence-corrected chi connectivity index (χ4v) is 2.17. The zero-order chi connectivity index (χ0) is 24.1. The summed E-state index contributed by atoms with van der Waals surface area (Å²) in [6.45, 7) is -1.74. The molecule has 4 atom stereocenters. The lowest BCUT2D eigenvalue weighted by atomic mass is 10.1. The van der Waals surface area contributed by atoms with E-state index in [1.54, 1.807) is 0 Å². The molecule has 15 heteroatoms. The van der Waals surface area contributed by atoms with Gasteiger partial charge in [-0.15, -0.1) is 0 Å². The van der Waals surface area contributed by atoms with Gasteiger partial charge >= 0.3 is 17.9 Å². The maximum Gasteiger partial charge on any atom is 0.328 e. The van der Waals surface area contributed by atoms with Gasteiger partial charge in [-0.2, -0.15) is 0 Å². The van der Waals surface area contributed by atoms with Crippen molar-refractivity contribution in [1.82, 2.24) is 16.0 Å².